The Labute approximate surface area is 203 Å². The standard InChI is InChI=1S/C24H25N3O7S/c1-5-23(3)16-26(35(31,32)20-13-9-18(10-14-20)27(29)30)21(17-7-11-19(33-4)12-8-17)24(23,15-25)22(28)34-6-2/h5,7-14,21H,1,6,16H2,2-4H3/t21-,23+,24+/m0/s1. The number of ether oxygens (including phenoxy) is 2. The Morgan fingerprint density at radius 3 is 2.34 bits per heavy atom. The highest BCUT2D eigenvalue weighted by molar-refractivity contribution is 7.89. The third-order valence-corrected chi connectivity index (χ3v) is 8.22. The summed E-state index contributed by atoms with van der Waals surface area (Å²) in [5, 5.41) is 21.5. The van der Waals surface area contributed by atoms with E-state index in [2.05, 4.69) is 12.6 Å². The van der Waals surface area contributed by atoms with Gasteiger partial charge in [-0.2, -0.15) is 9.57 Å². The highest BCUT2D eigenvalue weighted by Crippen LogP contribution is 2.60. The number of sulfonamides is 1. The number of esters is 1. The number of nitro groups is 1. The van der Waals surface area contributed by atoms with E-state index in [1.165, 1.54) is 13.2 Å². The summed E-state index contributed by atoms with van der Waals surface area (Å²) in [5.74, 6) is -0.367. The summed E-state index contributed by atoms with van der Waals surface area (Å²) in [4.78, 5) is 23.6. The average molecular weight is 500 g/mol. The predicted molar refractivity (Wildman–Crippen MR) is 126 cm³/mol. The maximum atomic E-state index is 13.8. The lowest BCUT2D eigenvalue weighted by Crippen LogP contribution is -2.46. The SMILES string of the molecule is C=C[C@]1(C)CN(S(=O)(=O)c2ccc([N+](=O)[O-])cc2)[C@@H](c2ccc(OC)cc2)[C@]1(C#N)C(=O)OCC. The molecule has 0 aliphatic carbocycles. The van der Waals surface area contributed by atoms with E-state index < -0.39 is 37.8 Å². The van der Waals surface area contributed by atoms with Gasteiger partial charge in [-0.15, -0.1) is 6.58 Å². The number of nitro benzene ring substituents is 1. The first-order valence-corrected chi connectivity index (χ1v) is 12.1. The van der Waals surface area contributed by atoms with Crippen LogP contribution in [0, 0.1) is 32.3 Å². The molecule has 0 bridgehead atoms. The topological polar surface area (TPSA) is 140 Å². The molecule has 2 aromatic carbocycles. The van der Waals surface area contributed by atoms with E-state index >= 15 is 0 Å². The van der Waals surface area contributed by atoms with Crippen LogP contribution in [0.3, 0.4) is 0 Å². The van der Waals surface area contributed by atoms with Crippen molar-refractivity contribution in [3.8, 4) is 11.8 Å². The molecule has 0 unspecified atom stereocenters. The largest absolute Gasteiger partial charge is 0.497 e. The third kappa shape index (κ3) is 4.05. The van der Waals surface area contributed by atoms with E-state index in [1.807, 2.05) is 0 Å². The molecule has 0 aromatic heterocycles. The van der Waals surface area contributed by atoms with E-state index in [4.69, 9.17) is 9.47 Å². The Morgan fingerprint density at radius 1 is 1.29 bits per heavy atom. The molecule has 3 atom stereocenters. The van der Waals surface area contributed by atoms with Crippen LogP contribution in [0.4, 0.5) is 5.69 Å². The minimum atomic E-state index is -4.33. The monoisotopic (exact) mass is 499 g/mol. The highest BCUT2D eigenvalue weighted by Gasteiger charge is 2.69. The van der Waals surface area contributed by atoms with Gasteiger partial charge in [-0.25, -0.2) is 8.42 Å². The number of non-ortho nitro benzene ring substituents is 1. The van der Waals surface area contributed by atoms with Crippen LogP contribution in [0.15, 0.2) is 66.1 Å². The number of nitrogens with zero attached hydrogens (tertiary/aromatic N) is 3. The molecule has 11 heteroatoms. The Morgan fingerprint density at radius 2 is 1.89 bits per heavy atom. The second-order valence-electron chi connectivity index (χ2n) is 8.24. The number of methoxy groups -OCH3 is 1. The molecular weight excluding hydrogens is 474 g/mol. The first-order valence-electron chi connectivity index (χ1n) is 10.6. The van der Waals surface area contributed by atoms with Crippen molar-refractivity contribution in [1.29, 1.82) is 5.26 Å². The van der Waals surface area contributed by atoms with Gasteiger partial charge in [0.1, 0.15) is 5.75 Å². The molecule has 0 saturated carbocycles. The quantitative estimate of drug-likeness (QED) is 0.232. The fourth-order valence-electron chi connectivity index (χ4n) is 4.42. The molecule has 0 radical (unpaired) electrons. The lowest BCUT2D eigenvalue weighted by atomic mass is 9.63. The molecular formula is C24H25N3O7S. The Hall–Kier alpha value is -3.75. The van der Waals surface area contributed by atoms with Crippen molar-refractivity contribution in [2.45, 2.75) is 24.8 Å². The summed E-state index contributed by atoms with van der Waals surface area (Å²) in [6.45, 7) is 6.72. The summed E-state index contributed by atoms with van der Waals surface area (Å²) in [5.41, 5.74) is -3.19. The van der Waals surface area contributed by atoms with Crippen LogP contribution in [0.2, 0.25) is 0 Å². The number of rotatable bonds is 8. The van der Waals surface area contributed by atoms with Crippen molar-refractivity contribution in [1.82, 2.24) is 4.31 Å². The number of hydrogen-bond donors (Lipinski definition) is 0. The van der Waals surface area contributed by atoms with Gasteiger partial charge < -0.3 is 9.47 Å². The molecule has 0 N–H and O–H groups in total. The van der Waals surface area contributed by atoms with E-state index in [9.17, 15) is 28.6 Å². The molecule has 1 aliphatic heterocycles. The van der Waals surface area contributed by atoms with E-state index in [0.29, 0.717) is 11.3 Å². The van der Waals surface area contributed by atoms with Crippen LogP contribution in [0.1, 0.15) is 25.5 Å². The summed E-state index contributed by atoms with van der Waals surface area (Å²) in [6.07, 6.45) is 1.40. The Balaban J connectivity index is 2.29. The van der Waals surface area contributed by atoms with Gasteiger partial charge >= 0.3 is 5.97 Å². The molecule has 0 amide bonds. The van der Waals surface area contributed by atoms with Gasteiger partial charge in [-0.3, -0.25) is 14.9 Å². The van der Waals surface area contributed by atoms with Crippen molar-refractivity contribution in [2.75, 3.05) is 20.3 Å². The zero-order valence-electron chi connectivity index (χ0n) is 19.5. The van der Waals surface area contributed by atoms with Gasteiger partial charge in [0, 0.05) is 24.1 Å². The summed E-state index contributed by atoms with van der Waals surface area (Å²) in [6, 6.07) is 11.6. The molecule has 35 heavy (non-hydrogen) atoms. The van der Waals surface area contributed by atoms with Crippen molar-refractivity contribution >= 4 is 21.7 Å². The van der Waals surface area contributed by atoms with Crippen LogP contribution in [0.25, 0.3) is 0 Å². The summed E-state index contributed by atoms with van der Waals surface area (Å²) < 4.78 is 39.2. The summed E-state index contributed by atoms with van der Waals surface area (Å²) in [7, 11) is -2.86. The lowest BCUT2D eigenvalue weighted by Gasteiger charge is -2.36. The predicted octanol–water partition coefficient (Wildman–Crippen LogP) is 3.61. The lowest BCUT2D eigenvalue weighted by molar-refractivity contribution is -0.384. The third-order valence-electron chi connectivity index (χ3n) is 6.39. The van der Waals surface area contributed by atoms with E-state index in [0.717, 1.165) is 28.6 Å². The highest BCUT2D eigenvalue weighted by atomic mass is 32.2. The van der Waals surface area contributed by atoms with Crippen molar-refractivity contribution in [3.05, 3.63) is 76.9 Å². The molecule has 10 nitrogen and oxygen atoms in total. The number of carbonyl (C=O) groups is 1. The normalized spacial score (nSPS) is 24.3. The van der Waals surface area contributed by atoms with Gasteiger partial charge in [0.25, 0.3) is 5.69 Å². The molecule has 1 saturated heterocycles. The summed E-state index contributed by atoms with van der Waals surface area (Å²) >= 11 is 0. The smallest absolute Gasteiger partial charge is 0.329 e. The van der Waals surface area contributed by atoms with Gasteiger partial charge in [0.15, 0.2) is 5.41 Å². The van der Waals surface area contributed by atoms with Crippen molar-refractivity contribution in [3.63, 3.8) is 0 Å². The Bertz CT molecular complexity index is 1290. The minimum absolute atomic E-state index is 0.0140. The first-order chi connectivity index (χ1) is 16.5. The minimum Gasteiger partial charge on any atom is -0.497 e. The van der Waals surface area contributed by atoms with Crippen LogP contribution in [-0.4, -0.2) is 43.9 Å². The maximum absolute atomic E-state index is 13.8. The van der Waals surface area contributed by atoms with E-state index in [1.54, 1.807) is 38.1 Å². The fraction of sp³-hybridized carbons (Fsp3) is 0.333. The van der Waals surface area contributed by atoms with Gasteiger partial charge in [-0.1, -0.05) is 25.1 Å². The number of nitriles is 1. The molecule has 184 valence electrons. The fourth-order valence-corrected chi connectivity index (χ4v) is 6.17. The second-order valence-corrected chi connectivity index (χ2v) is 10.1. The van der Waals surface area contributed by atoms with Crippen LogP contribution in [0.5, 0.6) is 5.75 Å². The Kier molecular flexibility index (Phi) is 7.01. The number of carbonyl (C=O) groups excluding carboxylic acids is 1. The first kappa shape index (κ1) is 25.9. The molecule has 1 aliphatic rings. The molecule has 1 heterocycles. The zero-order chi connectivity index (χ0) is 26.0. The zero-order valence-corrected chi connectivity index (χ0v) is 20.3. The molecule has 2 aromatic rings. The second kappa shape index (κ2) is 9.48. The molecule has 3 rings (SSSR count). The van der Waals surface area contributed by atoms with Crippen LogP contribution in [-0.2, 0) is 19.6 Å². The average Bonchev–Trinajstić information content (AvgIpc) is 3.14. The number of hydrogen-bond acceptors (Lipinski definition) is 8. The van der Waals surface area contributed by atoms with Crippen molar-refractivity contribution < 1.29 is 27.6 Å². The maximum Gasteiger partial charge on any atom is 0.329 e. The van der Waals surface area contributed by atoms with Crippen LogP contribution < -0.4 is 4.74 Å². The van der Waals surface area contributed by atoms with Crippen molar-refractivity contribution in [2.24, 2.45) is 10.8 Å². The molecule has 1 fully saturated rings. The van der Waals surface area contributed by atoms with Crippen LogP contribution >= 0.6 is 0 Å². The van der Waals surface area contributed by atoms with Gasteiger partial charge in [-0.05, 0) is 36.8 Å². The van der Waals surface area contributed by atoms with Gasteiger partial charge in [0.05, 0.1) is 35.6 Å². The van der Waals surface area contributed by atoms with E-state index in [-0.39, 0.29) is 23.7 Å². The molecule has 0 spiro atoms. The number of benzene rings is 2. The van der Waals surface area contributed by atoms with Gasteiger partial charge in [0.2, 0.25) is 10.0 Å².